The van der Waals surface area contributed by atoms with Crippen LogP contribution in [0.15, 0.2) is 0 Å². The molecular weight excluding hydrogens is 555 g/mol. The molecule has 4 fully saturated rings. The number of likely N-dealkylation sites (tertiary alicyclic amines) is 1. The Bertz CT molecular complexity index is 1070. The summed E-state index contributed by atoms with van der Waals surface area (Å²) in [6, 6.07) is -2.40. The van der Waals surface area contributed by atoms with Crippen molar-refractivity contribution in [1.82, 2.24) is 26.0 Å². The molecule has 40 heavy (non-hydrogen) atoms. The van der Waals surface area contributed by atoms with Crippen molar-refractivity contribution in [1.29, 1.82) is 0 Å². The van der Waals surface area contributed by atoms with E-state index in [1.54, 1.807) is 27.7 Å². The quantitative estimate of drug-likeness (QED) is 0.307. The molecule has 8 atom stereocenters. The maximum absolute atomic E-state index is 13.9. The highest BCUT2D eigenvalue weighted by Gasteiger charge is 2.62. The Kier molecular flexibility index (Phi) is 8.37. The number of hydrazine groups is 1. The molecule has 0 aromatic carbocycles. The van der Waals surface area contributed by atoms with E-state index in [0.717, 1.165) is 12.8 Å². The molecule has 0 bridgehead atoms. The lowest BCUT2D eigenvalue weighted by Crippen LogP contribution is -2.61. The molecule has 0 spiro atoms. The lowest BCUT2D eigenvalue weighted by Gasteiger charge is -2.37. The van der Waals surface area contributed by atoms with Crippen molar-refractivity contribution in [2.24, 2.45) is 29.1 Å². The van der Waals surface area contributed by atoms with E-state index in [-0.39, 0.29) is 36.9 Å². The smallest absolute Gasteiger partial charge is 0.291 e. The molecule has 0 unspecified atom stereocenters. The molecule has 3 N–H and O–H groups in total. The van der Waals surface area contributed by atoms with Gasteiger partial charge in [0.2, 0.25) is 17.7 Å². The average molecular weight is 592 g/mol. The van der Waals surface area contributed by atoms with Gasteiger partial charge in [0.05, 0.1) is 12.5 Å². The molecule has 10 nitrogen and oxygen atoms in total. The summed E-state index contributed by atoms with van der Waals surface area (Å²) < 4.78 is 41.0. The first-order valence-corrected chi connectivity index (χ1v) is 14.1. The van der Waals surface area contributed by atoms with Gasteiger partial charge in [0, 0.05) is 19.0 Å². The second kappa shape index (κ2) is 11.0. The van der Waals surface area contributed by atoms with E-state index in [9.17, 15) is 37.1 Å². The first kappa shape index (κ1) is 30.4. The number of halogens is 4. The van der Waals surface area contributed by atoms with Gasteiger partial charge in [0.25, 0.3) is 23.4 Å². The summed E-state index contributed by atoms with van der Waals surface area (Å²) in [5.41, 5.74) is -0.922. The van der Waals surface area contributed by atoms with E-state index in [1.165, 1.54) is 4.90 Å². The van der Waals surface area contributed by atoms with Crippen molar-refractivity contribution in [3.63, 3.8) is 0 Å². The summed E-state index contributed by atoms with van der Waals surface area (Å²) in [6.07, 6.45) is 2.00. The molecular formula is C26H37ClF3N5O5. The SMILES string of the molecule is C[C@H]1C[C@@H](CN(NC(=O)[C@@H]2[C@H]3CCC[C@H]3CN2C(=O)[C@@H](NC(=O)[C@@H]2CC2(F)F)C(C)(C)C)C(=O)[C@H](F)Cl)C(=O)N1. The highest BCUT2D eigenvalue weighted by Crippen LogP contribution is 2.49. The van der Waals surface area contributed by atoms with Crippen LogP contribution < -0.4 is 16.1 Å². The normalized spacial score (nSPS) is 32.1. The van der Waals surface area contributed by atoms with Crippen LogP contribution >= 0.6 is 11.6 Å². The van der Waals surface area contributed by atoms with Crippen molar-refractivity contribution >= 4 is 41.1 Å². The Morgan fingerprint density at radius 2 is 1.85 bits per heavy atom. The van der Waals surface area contributed by atoms with Crippen LogP contribution in [-0.4, -0.2) is 82.2 Å². The lowest BCUT2D eigenvalue weighted by atomic mass is 9.85. The average Bonchev–Trinajstić information content (AvgIpc) is 3.16. The molecule has 14 heteroatoms. The van der Waals surface area contributed by atoms with Crippen molar-refractivity contribution in [2.75, 3.05) is 13.1 Å². The Morgan fingerprint density at radius 3 is 2.38 bits per heavy atom. The monoisotopic (exact) mass is 591 g/mol. The topological polar surface area (TPSA) is 128 Å². The summed E-state index contributed by atoms with van der Waals surface area (Å²) in [6.45, 7) is 6.73. The predicted octanol–water partition coefficient (Wildman–Crippen LogP) is 1.72. The summed E-state index contributed by atoms with van der Waals surface area (Å²) in [5, 5.41) is 5.90. The number of carbonyl (C=O) groups excluding carboxylic acids is 5. The van der Waals surface area contributed by atoms with Crippen molar-refractivity contribution in [3.05, 3.63) is 0 Å². The molecule has 2 saturated carbocycles. The fourth-order valence-corrected chi connectivity index (χ4v) is 6.38. The van der Waals surface area contributed by atoms with Crippen LogP contribution in [0.1, 0.15) is 59.8 Å². The minimum atomic E-state index is -3.11. The lowest BCUT2D eigenvalue weighted by molar-refractivity contribution is -0.150. The van der Waals surface area contributed by atoms with Gasteiger partial charge >= 0.3 is 0 Å². The van der Waals surface area contributed by atoms with Gasteiger partial charge in [0.15, 0.2) is 0 Å². The summed E-state index contributed by atoms with van der Waals surface area (Å²) in [4.78, 5) is 66.3. The zero-order chi connectivity index (χ0) is 29.7. The highest BCUT2D eigenvalue weighted by atomic mass is 35.5. The van der Waals surface area contributed by atoms with Crippen molar-refractivity contribution < 1.29 is 37.1 Å². The number of carbonyl (C=O) groups is 5. The third-order valence-electron chi connectivity index (χ3n) is 8.48. The number of nitrogens with zero attached hydrogens (tertiary/aromatic N) is 2. The van der Waals surface area contributed by atoms with Crippen LogP contribution in [0.2, 0.25) is 0 Å². The van der Waals surface area contributed by atoms with Crippen molar-refractivity contribution in [3.8, 4) is 0 Å². The number of rotatable bonds is 7. The van der Waals surface area contributed by atoms with Gasteiger partial charge < -0.3 is 15.5 Å². The number of fused-ring (bicyclic) bond motifs is 1. The van der Waals surface area contributed by atoms with Gasteiger partial charge in [-0.3, -0.25) is 29.4 Å². The van der Waals surface area contributed by atoms with Crippen LogP contribution in [0, 0.1) is 29.1 Å². The summed E-state index contributed by atoms with van der Waals surface area (Å²) >= 11 is 5.41. The Hall–Kier alpha value is -2.57. The van der Waals surface area contributed by atoms with Gasteiger partial charge in [-0.15, -0.1) is 0 Å². The standard InChI is InChI=1S/C26H37ClF3N5O5/c1-12-8-14(20(36)31-12)11-35(24(40)19(27)28)33-22(38)17-15-7-5-6-13(15)10-34(17)23(39)18(25(2,3)4)32-21(37)16-9-26(16,29)30/h12-19H,5-11H2,1-4H3,(H,31,36)(H,32,37)(H,33,38)/t12-,13-,14-,15-,16-,17-,18+,19-/m0/s1. The molecule has 4 aliphatic rings. The van der Waals surface area contributed by atoms with E-state index in [0.29, 0.717) is 17.9 Å². The van der Waals surface area contributed by atoms with Gasteiger partial charge in [-0.2, -0.15) is 0 Å². The minimum absolute atomic E-state index is 0.0173. The van der Waals surface area contributed by atoms with Crippen LogP contribution in [0.5, 0.6) is 0 Å². The molecule has 2 heterocycles. The third-order valence-corrected chi connectivity index (χ3v) is 8.67. The molecule has 2 aliphatic carbocycles. The molecule has 2 aliphatic heterocycles. The van der Waals surface area contributed by atoms with Gasteiger partial charge in [-0.05, 0) is 43.4 Å². The minimum Gasteiger partial charge on any atom is -0.353 e. The highest BCUT2D eigenvalue weighted by molar-refractivity contribution is 6.29. The van der Waals surface area contributed by atoms with Crippen molar-refractivity contribution in [2.45, 2.75) is 89.5 Å². The zero-order valence-corrected chi connectivity index (χ0v) is 23.8. The Morgan fingerprint density at radius 1 is 1.20 bits per heavy atom. The molecule has 0 radical (unpaired) electrons. The molecule has 4 rings (SSSR count). The van der Waals surface area contributed by atoms with Gasteiger partial charge in [-0.1, -0.05) is 38.8 Å². The predicted molar refractivity (Wildman–Crippen MR) is 137 cm³/mol. The van der Waals surface area contributed by atoms with Crippen LogP contribution in [0.25, 0.3) is 0 Å². The summed E-state index contributed by atoms with van der Waals surface area (Å²) in [7, 11) is 0. The van der Waals surface area contributed by atoms with Crippen LogP contribution in [-0.2, 0) is 24.0 Å². The van der Waals surface area contributed by atoms with E-state index >= 15 is 0 Å². The van der Waals surface area contributed by atoms with E-state index in [1.807, 2.05) is 0 Å². The summed E-state index contributed by atoms with van der Waals surface area (Å²) in [5.74, 6) is -9.42. The maximum atomic E-state index is 13.9. The molecule has 0 aromatic heterocycles. The zero-order valence-electron chi connectivity index (χ0n) is 23.0. The fourth-order valence-electron chi connectivity index (χ4n) is 6.26. The number of alkyl halides is 4. The first-order valence-electron chi connectivity index (χ1n) is 13.7. The number of hydrogen-bond donors (Lipinski definition) is 3. The second-order valence-corrected chi connectivity index (χ2v) is 13.1. The van der Waals surface area contributed by atoms with Crippen LogP contribution in [0.4, 0.5) is 13.2 Å². The Labute approximate surface area is 236 Å². The molecule has 224 valence electrons. The first-order chi connectivity index (χ1) is 18.5. The van der Waals surface area contributed by atoms with Crippen LogP contribution in [0.3, 0.4) is 0 Å². The molecule has 0 aromatic rings. The van der Waals surface area contributed by atoms with E-state index < -0.39 is 70.9 Å². The molecule has 5 amide bonds. The largest absolute Gasteiger partial charge is 0.353 e. The van der Waals surface area contributed by atoms with E-state index in [2.05, 4.69) is 16.1 Å². The van der Waals surface area contributed by atoms with Gasteiger partial charge in [0.1, 0.15) is 18.0 Å². The third kappa shape index (κ3) is 6.18. The number of hydrogen-bond acceptors (Lipinski definition) is 5. The number of nitrogens with one attached hydrogen (secondary N) is 3. The fraction of sp³-hybridized carbons (Fsp3) is 0.808. The molecule has 2 saturated heterocycles. The second-order valence-electron chi connectivity index (χ2n) is 12.7. The van der Waals surface area contributed by atoms with E-state index in [4.69, 9.17) is 11.6 Å². The van der Waals surface area contributed by atoms with Gasteiger partial charge in [-0.25, -0.2) is 18.2 Å². The maximum Gasteiger partial charge on any atom is 0.291 e. The number of amides is 5. The Balaban J connectivity index is 1.55.